The molecule has 19 heavy (non-hydrogen) atoms. The predicted octanol–water partition coefficient (Wildman–Crippen LogP) is 2.91. The number of nitrogens with zero attached hydrogens (tertiary/aromatic N) is 1. The number of non-ortho nitro benzene ring substituents is 1. The Kier molecular flexibility index (Phi) is 3.01. The number of hydrogen-bond donors (Lipinski definition) is 1. The molecule has 1 N–H and O–H groups in total. The Morgan fingerprint density at radius 2 is 2.00 bits per heavy atom. The van der Waals surface area contributed by atoms with Crippen LogP contribution >= 0.6 is 0 Å². The summed E-state index contributed by atoms with van der Waals surface area (Å²) in [4.78, 5) is 24.0. The van der Waals surface area contributed by atoms with E-state index in [1.54, 1.807) is 0 Å². The van der Waals surface area contributed by atoms with Crippen molar-refractivity contribution in [2.24, 2.45) is 0 Å². The van der Waals surface area contributed by atoms with Crippen LogP contribution in [0, 0.1) is 10.1 Å². The molecule has 100 valence electrons. The maximum Gasteiger partial charge on any atom is 0.298 e. The summed E-state index contributed by atoms with van der Waals surface area (Å²) >= 11 is 0. The van der Waals surface area contributed by atoms with Gasteiger partial charge < -0.3 is 9.72 Å². The van der Waals surface area contributed by atoms with E-state index in [4.69, 9.17) is 4.74 Å². The lowest BCUT2D eigenvalue weighted by molar-refractivity contribution is -0.384. The van der Waals surface area contributed by atoms with Crippen LogP contribution in [-0.2, 0) is 10.2 Å². The van der Waals surface area contributed by atoms with E-state index in [0.717, 1.165) is 5.69 Å². The average Bonchev–Trinajstić information content (AvgIpc) is 2.72. The number of H-pyrrole nitrogens is 1. The number of ether oxygens (including phenoxy) is 1. The summed E-state index contributed by atoms with van der Waals surface area (Å²) in [5.41, 5.74) is 1.26. The van der Waals surface area contributed by atoms with E-state index >= 15 is 0 Å². The van der Waals surface area contributed by atoms with Gasteiger partial charge in [-0.2, -0.15) is 0 Å². The molecule has 0 unspecified atom stereocenters. The molecule has 0 spiro atoms. The third-order valence-corrected chi connectivity index (χ3v) is 2.87. The zero-order chi connectivity index (χ0) is 14.2. The second-order valence-corrected chi connectivity index (χ2v) is 5.31. The number of aromatic nitrogens is 1. The van der Waals surface area contributed by atoms with Gasteiger partial charge in [0.25, 0.3) is 12.2 Å². The van der Waals surface area contributed by atoms with Crippen molar-refractivity contribution in [3.05, 3.63) is 34.0 Å². The van der Waals surface area contributed by atoms with Crippen LogP contribution in [0.1, 0.15) is 26.5 Å². The second kappa shape index (κ2) is 4.38. The quantitative estimate of drug-likeness (QED) is 0.523. The number of nitrogens with one attached hydrogen (secondary N) is 1. The number of carbonyl (C=O) groups is 1. The van der Waals surface area contributed by atoms with Crippen molar-refractivity contribution in [3.63, 3.8) is 0 Å². The number of aromatic amines is 1. The molecule has 0 saturated carbocycles. The summed E-state index contributed by atoms with van der Waals surface area (Å²) in [6.45, 7) is 6.32. The first-order valence-corrected chi connectivity index (χ1v) is 5.75. The first-order chi connectivity index (χ1) is 8.82. The highest BCUT2D eigenvalue weighted by Crippen LogP contribution is 2.34. The molecule has 6 heteroatoms. The molecular formula is C13H14N2O4. The van der Waals surface area contributed by atoms with Crippen LogP contribution < -0.4 is 4.74 Å². The van der Waals surface area contributed by atoms with Crippen LogP contribution in [0.2, 0.25) is 0 Å². The van der Waals surface area contributed by atoms with Crippen LogP contribution in [0.15, 0.2) is 18.2 Å². The Morgan fingerprint density at radius 1 is 1.32 bits per heavy atom. The van der Waals surface area contributed by atoms with Crippen LogP contribution in [0.5, 0.6) is 5.75 Å². The lowest BCUT2D eigenvalue weighted by Gasteiger charge is -2.15. The highest BCUT2D eigenvalue weighted by molar-refractivity contribution is 5.89. The smallest absolute Gasteiger partial charge is 0.298 e. The van der Waals surface area contributed by atoms with Gasteiger partial charge in [-0.05, 0) is 6.07 Å². The summed E-state index contributed by atoms with van der Waals surface area (Å²) in [7, 11) is 0. The standard InChI is InChI=1S/C13H14N2O4/c1-13(2,3)11-5-8-4-9(15(17)18)6-10(19-7-16)12(8)14-11/h4-7,14H,1-3H3. The molecule has 2 aromatic rings. The molecule has 0 atom stereocenters. The fourth-order valence-electron chi connectivity index (χ4n) is 1.85. The minimum Gasteiger partial charge on any atom is -0.426 e. The Hall–Kier alpha value is -2.37. The monoisotopic (exact) mass is 262 g/mol. The highest BCUT2D eigenvalue weighted by Gasteiger charge is 2.20. The number of rotatable bonds is 3. The van der Waals surface area contributed by atoms with Crippen molar-refractivity contribution >= 4 is 23.1 Å². The van der Waals surface area contributed by atoms with Gasteiger partial charge in [-0.15, -0.1) is 0 Å². The molecule has 0 bridgehead atoms. The van der Waals surface area contributed by atoms with E-state index in [1.165, 1.54) is 12.1 Å². The molecule has 0 aliphatic carbocycles. The first kappa shape index (κ1) is 13.1. The Labute approximate surface area is 109 Å². The topological polar surface area (TPSA) is 85.2 Å². The van der Waals surface area contributed by atoms with Crippen LogP contribution in [0.4, 0.5) is 5.69 Å². The van der Waals surface area contributed by atoms with Crippen LogP contribution in [-0.4, -0.2) is 16.4 Å². The maximum absolute atomic E-state index is 10.9. The molecule has 0 aliphatic rings. The lowest BCUT2D eigenvalue weighted by atomic mass is 9.92. The summed E-state index contributed by atoms with van der Waals surface area (Å²) < 4.78 is 4.82. The van der Waals surface area contributed by atoms with E-state index in [2.05, 4.69) is 4.98 Å². The number of nitro groups is 1. The molecule has 6 nitrogen and oxygen atoms in total. The number of hydrogen-bond acceptors (Lipinski definition) is 4. The van der Waals surface area contributed by atoms with Crippen molar-refractivity contribution in [3.8, 4) is 5.75 Å². The molecule has 0 radical (unpaired) electrons. The summed E-state index contributed by atoms with van der Waals surface area (Å²) in [6, 6.07) is 4.53. The summed E-state index contributed by atoms with van der Waals surface area (Å²) in [6.07, 6.45) is 0. The van der Waals surface area contributed by atoms with Gasteiger partial charge in [-0.25, -0.2) is 0 Å². The van der Waals surface area contributed by atoms with Crippen molar-refractivity contribution in [1.29, 1.82) is 0 Å². The maximum atomic E-state index is 10.9. The predicted molar refractivity (Wildman–Crippen MR) is 70.3 cm³/mol. The third kappa shape index (κ3) is 2.42. The first-order valence-electron chi connectivity index (χ1n) is 5.75. The summed E-state index contributed by atoms with van der Waals surface area (Å²) in [5.74, 6) is 0.162. The summed E-state index contributed by atoms with van der Waals surface area (Å²) in [5, 5.41) is 11.5. The largest absolute Gasteiger partial charge is 0.426 e. The molecule has 1 heterocycles. The van der Waals surface area contributed by atoms with Gasteiger partial charge in [-0.1, -0.05) is 20.8 Å². The fraction of sp³-hybridized carbons (Fsp3) is 0.308. The zero-order valence-electron chi connectivity index (χ0n) is 10.9. The van der Waals surface area contributed by atoms with Crippen LogP contribution in [0.3, 0.4) is 0 Å². The minimum absolute atomic E-state index is 0.108. The fourth-order valence-corrected chi connectivity index (χ4v) is 1.85. The van der Waals surface area contributed by atoms with Gasteiger partial charge in [0.1, 0.15) is 0 Å². The van der Waals surface area contributed by atoms with Crippen molar-refractivity contribution in [1.82, 2.24) is 4.98 Å². The number of nitro benzene ring substituents is 1. The normalized spacial score (nSPS) is 11.5. The molecule has 2 rings (SSSR count). The second-order valence-electron chi connectivity index (χ2n) is 5.31. The Balaban J connectivity index is 2.71. The van der Waals surface area contributed by atoms with E-state index < -0.39 is 4.92 Å². The van der Waals surface area contributed by atoms with Crippen LogP contribution in [0.25, 0.3) is 10.9 Å². The SMILES string of the molecule is CC(C)(C)c1cc2cc([N+](=O)[O-])cc(OC=O)c2[nH]1. The average molecular weight is 262 g/mol. The number of benzene rings is 1. The van der Waals surface area contributed by atoms with E-state index in [9.17, 15) is 14.9 Å². The van der Waals surface area contributed by atoms with Crippen molar-refractivity contribution in [2.45, 2.75) is 26.2 Å². The van der Waals surface area contributed by atoms with Gasteiger partial charge in [-0.3, -0.25) is 14.9 Å². The molecular weight excluding hydrogens is 248 g/mol. The molecule has 0 amide bonds. The molecule has 1 aromatic carbocycles. The van der Waals surface area contributed by atoms with E-state index in [0.29, 0.717) is 10.9 Å². The lowest BCUT2D eigenvalue weighted by Crippen LogP contribution is -2.11. The molecule has 0 saturated heterocycles. The van der Waals surface area contributed by atoms with Gasteiger partial charge in [0.05, 0.1) is 16.5 Å². The minimum atomic E-state index is -0.513. The molecule has 0 aliphatic heterocycles. The zero-order valence-corrected chi connectivity index (χ0v) is 10.9. The van der Waals surface area contributed by atoms with Gasteiger partial charge >= 0.3 is 0 Å². The molecule has 1 aromatic heterocycles. The number of carbonyl (C=O) groups excluding carboxylic acids is 1. The Bertz CT molecular complexity index is 652. The molecule has 0 fully saturated rings. The number of fused-ring (bicyclic) bond motifs is 1. The van der Waals surface area contributed by atoms with E-state index in [-0.39, 0.29) is 23.3 Å². The van der Waals surface area contributed by atoms with Gasteiger partial charge in [0.2, 0.25) is 0 Å². The van der Waals surface area contributed by atoms with E-state index in [1.807, 2.05) is 26.8 Å². The van der Waals surface area contributed by atoms with Crippen molar-refractivity contribution < 1.29 is 14.5 Å². The Morgan fingerprint density at radius 3 is 2.53 bits per heavy atom. The van der Waals surface area contributed by atoms with Gasteiger partial charge in [0, 0.05) is 22.6 Å². The highest BCUT2D eigenvalue weighted by atomic mass is 16.6. The third-order valence-electron chi connectivity index (χ3n) is 2.87. The van der Waals surface area contributed by atoms with Crippen molar-refractivity contribution in [2.75, 3.05) is 0 Å². The van der Waals surface area contributed by atoms with Gasteiger partial charge in [0.15, 0.2) is 5.75 Å².